The summed E-state index contributed by atoms with van der Waals surface area (Å²) in [7, 11) is -3.08. The third kappa shape index (κ3) is 2.28. The van der Waals surface area contributed by atoms with Crippen molar-refractivity contribution in [1.82, 2.24) is 4.31 Å². The van der Waals surface area contributed by atoms with Crippen molar-refractivity contribution in [2.75, 3.05) is 12.8 Å². The van der Waals surface area contributed by atoms with Crippen LogP contribution in [0.5, 0.6) is 0 Å². The van der Waals surface area contributed by atoms with Gasteiger partial charge in [0, 0.05) is 12.6 Å². The Morgan fingerprint density at radius 1 is 1.25 bits per heavy atom. The summed E-state index contributed by atoms with van der Waals surface area (Å²) in [5, 5.41) is 0. The fourth-order valence-electron chi connectivity index (χ4n) is 2.26. The van der Waals surface area contributed by atoms with Crippen LogP contribution in [-0.2, 0) is 10.0 Å². The fourth-order valence-corrected chi connectivity index (χ4v) is 3.41. The van der Waals surface area contributed by atoms with E-state index in [0.29, 0.717) is 6.54 Å². The fraction of sp³-hybridized carbons (Fsp3) is 0.500. The van der Waals surface area contributed by atoms with E-state index in [0.717, 1.165) is 18.4 Å². The smallest absolute Gasteiger partial charge is 0.211 e. The Hall–Kier alpha value is -0.870. The summed E-state index contributed by atoms with van der Waals surface area (Å²) in [5.41, 5.74) is 2.31. The lowest BCUT2D eigenvalue weighted by atomic mass is 10.0. The molecule has 0 radical (unpaired) electrons. The van der Waals surface area contributed by atoms with Gasteiger partial charge in [-0.15, -0.1) is 0 Å². The molecule has 1 fully saturated rings. The zero-order chi connectivity index (χ0) is 11.8. The molecular formula is C12H17NO2S. The quantitative estimate of drug-likeness (QED) is 0.792. The largest absolute Gasteiger partial charge is 0.212 e. The van der Waals surface area contributed by atoms with E-state index >= 15 is 0 Å². The summed E-state index contributed by atoms with van der Waals surface area (Å²) in [4.78, 5) is 0. The SMILES string of the molecule is Cc1ccc([C@@H]2CCCN2S(C)(=O)=O)cc1. The van der Waals surface area contributed by atoms with Gasteiger partial charge in [-0.05, 0) is 25.3 Å². The summed E-state index contributed by atoms with van der Waals surface area (Å²) in [6.07, 6.45) is 3.17. The van der Waals surface area contributed by atoms with Gasteiger partial charge in [0.2, 0.25) is 10.0 Å². The molecule has 16 heavy (non-hydrogen) atoms. The zero-order valence-corrected chi connectivity index (χ0v) is 10.5. The highest BCUT2D eigenvalue weighted by Crippen LogP contribution is 2.33. The predicted molar refractivity (Wildman–Crippen MR) is 64.7 cm³/mol. The summed E-state index contributed by atoms with van der Waals surface area (Å²) in [6, 6.07) is 8.17. The van der Waals surface area contributed by atoms with Crippen molar-refractivity contribution in [3.63, 3.8) is 0 Å². The van der Waals surface area contributed by atoms with Gasteiger partial charge in [0.05, 0.1) is 6.26 Å². The lowest BCUT2D eigenvalue weighted by Gasteiger charge is -2.22. The third-order valence-electron chi connectivity index (χ3n) is 3.09. The molecule has 0 N–H and O–H groups in total. The molecule has 3 nitrogen and oxygen atoms in total. The molecule has 2 rings (SSSR count). The van der Waals surface area contributed by atoms with Gasteiger partial charge in [-0.25, -0.2) is 8.42 Å². The normalized spacial score (nSPS) is 22.5. The van der Waals surface area contributed by atoms with Crippen LogP contribution in [0.1, 0.15) is 30.0 Å². The average Bonchev–Trinajstić information content (AvgIpc) is 2.66. The van der Waals surface area contributed by atoms with E-state index in [9.17, 15) is 8.42 Å². The average molecular weight is 239 g/mol. The number of hydrogen-bond acceptors (Lipinski definition) is 2. The van der Waals surface area contributed by atoms with Gasteiger partial charge in [-0.2, -0.15) is 4.31 Å². The van der Waals surface area contributed by atoms with Crippen molar-refractivity contribution < 1.29 is 8.42 Å². The lowest BCUT2D eigenvalue weighted by molar-refractivity contribution is 0.400. The van der Waals surface area contributed by atoms with Gasteiger partial charge >= 0.3 is 0 Å². The first-order chi connectivity index (χ1) is 7.48. The van der Waals surface area contributed by atoms with E-state index in [-0.39, 0.29) is 6.04 Å². The van der Waals surface area contributed by atoms with Crippen LogP contribution in [0.2, 0.25) is 0 Å². The van der Waals surface area contributed by atoms with E-state index in [1.54, 1.807) is 4.31 Å². The minimum atomic E-state index is -3.08. The van der Waals surface area contributed by atoms with Gasteiger partial charge in [-0.3, -0.25) is 0 Å². The van der Waals surface area contributed by atoms with Crippen LogP contribution in [0.15, 0.2) is 24.3 Å². The maximum absolute atomic E-state index is 11.6. The molecule has 0 unspecified atom stereocenters. The molecule has 0 amide bonds. The molecule has 0 aromatic heterocycles. The van der Waals surface area contributed by atoms with Gasteiger partial charge in [0.1, 0.15) is 0 Å². The summed E-state index contributed by atoms with van der Waals surface area (Å²) >= 11 is 0. The number of rotatable bonds is 2. The molecule has 4 heteroatoms. The topological polar surface area (TPSA) is 37.4 Å². The van der Waals surface area contributed by atoms with Crippen LogP contribution >= 0.6 is 0 Å². The number of sulfonamides is 1. The number of benzene rings is 1. The molecule has 88 valence electrons. The van der Waals surface area contributed by atoms with E-state index in [4.69, 9.17) is 0 Å². The number of aryl methyl sites for hydroxylation is 1. The Morgan fingerprint density at radius 2 is 1.88 bits per heavy atom. The van der Waals surface area contributed by atoms with Crippen molar-refractivity contribution in [2.45, 2.75) is 25.8 Å². The Morgan fingerprint density at radius 3 is 2.44 bits per heavy atom. The Bertz CT molecular complexity index is 464. The highest BCUT2D eigenvalue weighted by atomic mass is 32.2. The Kier molecular flexibility index (Phi) is 3.04. The van der Waals surface area contributed by atoms with Crippen molar-refractivity contribution >= 4 is 10.0 Å². The zero-order valence-electron chi connectivity index (χ0n) is 9.68. The lowest BCUT2D eigenvalue weighted by Crippen LogP contribution is -2.29. The van der Waals surface area contributed by atoms with Crippen LogP contribution in [-0.4, -0.2) is 25.5 Å². The molecule has 1 atom stereocenters. The molecular weight excluding hydrogens is 222 g/mol. The van der Waals surface area contributed by atoms with E-state index in [1.165, 1.54) is 11.8 Å². The summed E-state index contributed by atoms with van der Waals surface area (Å²) < 4.78 is 24.8. The molecule has 1 aromatic rings. The minimum absolute atomic E-state index is 0.0376. The second-order valence-corrected chi connectivity index (χ2v) is 6.38. The number of nitrogens with zero attached hydrogens (tertiary/aromatic N) is 1. The van der Waals surface area contributed by atoms with Crippen molar-refractivity contribution in [3.05, 3.63) is 35.4 Å². The van der Waals surface area contributed by atoms with Gasteiger partial charge in [0.15, 0.2) is 0 Å². The first kappa shape index (κ1) is 11.6. The minimum Gasteiger partial charge on any atom is -0.212 e. The number of hydrogen-bond donors (Lipinski definition) is 0. The molecule has 1 aliphatic rings. The Labute approximate surface area is 97.1 Å². The van der Waals surface area contributed by atoms with E-state index < -0.39 is 10.0 Å². The first-order valence-electron chi connectivity index (χ1n) is 5.52. The second kappa shape index (κ2) is 4.18. The summed E-state index contributed by atoms with van der Waals surface area (Å²) in [6.45, 7) is 2.68. The second-order valence-electron chi connectivity index (χ2n) is 4.44. The highest BCUT2D eigenvalue weighted by Gasteiger charge is 2.32. The first-order valence-corrected chi connectivity index (χ1v) is 7.37. The van der Waals surface area contributed by atoms with Crippen LogP contribution in [0.25, 0.3) is 0 Å². The van der Waals surface area contributed by atoms with Crippen molar-refractivity contribution in [2.24, 2.45) is 0 Å². The van der Waals surface area contributed by atoms with Gasteiger partial charge in [-0.1, -0.05) is 29.8 Å². The Balaban J connectivity index is 2.30. The monoisotopic (exact) mass is 239 g/mol. The molecule has 0 saturated carbocycles. The standard InChI is InChI=1S/C12H17NO2S/c1-10-5-7-11(8-6-10)12-4-3-9-13(12)16(2,14)15/h5-8,12H,3-4,9H2,1-2H3/t12-/m0/s1. The molecule has 1 saturated heterocycles. The molecule has 1 aromatic carbocycles. The third-order valence-corrected chi connectivity index (χ3v) is 4.38. The van der Waals surface area contributed by atoms with Crippen molar-refractivity contribution in [1.29, 1.82) is 0 Å². The summed E-state index contributed by atoms with van der Waals surface area (Å²) in [5.74, 6) is 0. The predicted octanol–water partition coefficient (Wildman–Crippen LogP) is 2.09. The van der Waals surface area contributed by atoms with Crippen LogP contribution in [0, 0.1) is 6.92 Å². The van der Waals surface area contributed by atoms with Crippen molar-refractivity contribution in [3.8, 4) is 0 Å². The van der Waals surface area contributed by atoms with Gasteiger partial charge in [0.25, 0.3) is 0 Å². The van der Waals surface area contributed by atoms with E-state index in [2.05, 4.69) is 0 Å². The molecule has 0 bridgehead atoms. The van der Waals surface area contributed by atoms with Crippen LogP contribution in [0.3, 0.4) is 0 Å². The molecule has 1 aliphatic heterocycles. The highest BCUT2D eigenvalue weighted by molar-refractivity contribution is 7.88. The van der Waals surface area contributed by atoms with Crippen LogP contribution in [0.4, 0.5) is 0 Å². The van der Waals surface area contributed by atoms with Crippen LogP contribution < -0.4 is 0 Å². The maximum atomic E-state index is 11.6. The van der Waals surface area contributed by atoms with E-state index in [1.807, 2.05) is 31.2 Å². The molecule has 0 spiro atoms. The maximum Gasteiger partial charge on any atom is 0.211 e. The van der Waals surface area contributed by atoms with Gasteiger partial charge < -0.3 is 0 Å². The molecule has 1 heterocycles. The molecule has 0 aliphatic carbocycles.